The molecule has 0 saturated heterocycles. The van der Waals surface area contributed by atoms with Crippen LogP contribution in [0.4, 0.5) is 0 Å². The predicted octanol–water partition coefficient (Wildman–Crippen LogP) is 1.23. The Bertz CT molecular complexity index is 175. The summed E-state index contributed by atoms with van der Waals surface area (Å²) in [5.74, 6) is 0.764. The second kappa shape index (κ2) is 2.81. The lowest BCUT2D eigenvalue weighted by molar-refractivity contribution is -0.00434. The number of rotatable bonds is 2. The van der Waals surface area contributed by atoms with E-state index in [9.17, 15) is 0 Å². The zero-order valence-corrected chi connectivity index (χ0v) is 7.55. The standard InChI is InChI=1S/C8H15NO2/c1-6-9-7(5-11-6)8(2,3)10-4/h7H,5H2,1-4H3. The molecular weight excluding hydrogens is 142 g/mol. The van der Waals surface area contributed by atoms with Crippen molar-refractivity contribution in [2.75, 3.05) is 13.7 Å². The third kappa shape index (κ3) is 1.71. The summed E-state index contributed by atoms with van der Waals surface area (Å²) in [6.07, 6.45) is 0. The lowest BCUT2D eigenvalue weighted by Gasteiger charge is -2.26. The second-order valence-corrected chi connectivity index (χ2v) is 3.28. The topological polar surface area (TPSA) is 30.8 Å². The highest BCUT2D eigenvalue weighted by Crippen LogP contribution is 2.21. The van der Waals surface area contributed by atoms with Crippen molar-refractivity contribution >= 4 is 5.90 Å². The number of hydrogen-bond donors (Lipinski definition) is 0. The van der Waals surface area contributed by atoms with Crippen LogP contribution in [-0.2, 0) is 9.47 Å². The molecule has 0 aromatic rings. The Labute approximate surface area is 67.4 Å². The molecule has 64 valence electrons. The molecule has 0 radical (unpaired) electrons. The maximum Gasteiger partial charge on any atom is 0.180 e. The fourth-order valence-electron chi connectivity index (χ4n) is 0.986. The second-order valence-electron chi connectivity index (χ2n) is 3.28. The van der Waals surface area contributed by atoms with Crippen molar-refractivity contribution in [1.82, 2.24) is 0 Å². The maximum atomic E-state index is 5.28. The Morgan fingerprint density at radius 3 is 2.64 bits per heavy atom. The Balaban J connectivity index is 2.62. The van der Waals surface area contributed by atoms with Crippen molar-refractivity contribution in [2.45, 2.75) is 32.4 Å². The number of ether oxygens (including phenoxy) is 2. The van der Waals surface area contributed by atoms with Crippen molar-refractivity contribution in [2.24, 2.45) is 4.99 Å². The Morgan fingerprint density at radius 1 is 1.64 bits per heavy atom. The monoisotopic (exact) mass is 157 g/mol. The van der Waals surface area contributed by atoms with E-state index in [1.807, 2.05) is 20.8 Å². The van der Waals surface area contributed by atoms with Crippen LogP contribution in [0.1, 0.15) is 20.8 Å². The fourth-order valence-corrected chi connectivity index (χ4v) is 0.986. The third-order valence-electron chi connectivity index (χ3n) is 2.12. The molecule has 0 amide bonds. The van der Waals surface area contributed by atoms with E-state index in [4.69, 9.17) is 9.47 Å². The van der Waals surface area contributed by atoms with Crippen LogP contribution in [0.3, 0.4) is 0 Å². The number of aliphatic imine (C=N–C) groups is 1. The van der Waals surface area contributed by atoms with Gasteiger partial charge in [-0.15, -0.1) is 0 Å². The summed E-state index contributed by atoms with van der Waals surface area (Å²) in [4.78, 5) is 4.30. The molecule has 11 heavy (non-hydrogen) atoms. The maximum absolute atomic E-state index is 5.28. The van der Waals surface area contributed by atoms with Crippen molar-refractivity contribution in [3.63, 3.8) is 0 Å². The van der Waals surface area contributed by atoms with Gasteiger partial charge in [0.05, 0.1) is 5.60 Å². The largest absolute Gasteiger partial charge is 0.479 e. The SMILES string of the molecule is COC(C)(C)C1COC(C)=N1. The van der Waals surface area contributed by atoms with Crippen LogP contribution in [0.25, 0.3) is 0 Å². The first-order valence-corrected chi connectivity index (χ1v) is 3.78. The molecule has 1 aliphatic heterocycles. The lowest BCUT2D eigenvalue weighted by Crippen LogP contribution is -2.37. The fraction of sp³-hybridized carbons (Fsp3) is 0.875. The minimum Gasteiger partial charge on any atom is -0.479 e. The van der Waals surface area contributed by atoms with Crippen molar-refractivity contribution in [1.29, 1.82) is 0 Å². The molecule has 1 unspecified atom stereocenters. The molecule has 1 heterocycles. The van der Waals surface area contributed by atoms with Gasteiger partial charge in [-0.1, -0.05) is 0 Å². The summed E-state index contributed by atoms with van der Waals surface area (Å²) in [6, 6.07) is 0.146. The molecule has 1 atom stereocenters. The van der Waals surface area contributed by atoms with Crippen LogP contribution in [0.2, 0.25) is 0 Å². The quantitative estimate of drug-likeness (QED) is 0.603. The van der Waals surface area contributed by atoms with Gasteiger partial charge in [-0.2, -0.15) is 0 Å². The molecule has 3 nitrogen and oxygen atoms in total. The molecule has 0 aromatic heterocycles. The zero-order chi connectivity index (χ0) is 8.48. The minimum atomic E-state index is -0.211. The first-order chi connectivity index (χ1) is 5.06. The molecule has 0 spiro atoms. The molecule has 1 aliphatic rings. The van der Waals surface area contributed by atoms with Gasteiger partial charge in [0, 0.05) is 14.0 Å². The summed E-state index contributed by atoms with van der Waals surface area (Å²) in [6.45, 7) is 6.55. The first-order valence-electron chi connectivity index (χ1n) is 3.78. The molecule has 0 N–H and O–H groups in total. The van der Waals surface area contributed by atoms with Gasteiger partial charge in [-0.3, -0.25) is 0 Å². The molecule has 3 heteroatoms. The van der Waals surface area contributed by atoms with Gasteiger partial charge in [0.15, 0.2) is 5.90 Å². The van der Waals surface area contributed by atoms with Crippen molar-refractivity contribution in [3.8, 4) is 0 Å². The summed E-state index contributed by atoms with van der Waals surface area (Å²) in [5.41, 5.74) is -0.211. The van der Waals surface area contributed by atoms with E-state index in [1.165, 1.54) is 0 Å². The van der Waals surface area contributed by atoms with Gasteiger partial charge in [-0.05, 0) is 13.8 Å². The van der Waals surface area contributed by atoms with Crippen LogP contribution in [-0.4, -0.2) is 31.3 Å². The van der Waals surface area contributed by atoms with E-state index in [-0.39, 0.29) is 11.6 Å². The van der Waals surface area contributed by atoms with Crippen LogP contribution < -0.4 is 0 Å². The number of methoxy groups -OCH3 is 1. The predicted molar refractivity (Wildman–Crippen MR) is 43.9 cm³/mol. The van der Waals surface area contributed by atoms with Crippen LogP contribution in [0.15, 0.2) is 4.99 Å². The lowest BCUT2D eigenvalue weighted by atomic mass is 10.0. The Kier molecular flexibility index (Phi) is 2.18. The van der Waals surface area contributed by atoms with Gasteiger partial charge in [0.2, 0.25) is 0 Å². The van der Waals surface area contributed by atoms with E-state index >= 15 is 0 Å². The molecule has 0 bridgehead atoms. The summed E-state index contributed by atoms with van der Waals surface area (Å²) in [5, 5.41) is 0. The zero-order valence-electron chi connectivity index (χ0n) is 7.55. The average Bonchev–Trinajstić information content (AvgIpc) is 2.36. The van der Waals surface area contributed by atoms with Gasteiger partial charge in [-0.25, -0.2) is 4.99 Å². The molecule has 1 rings (SSSR count). The third-order valence-corrected chi connectivity index (χ3v) is 2.12. The van der Waals surface area contributed by atoms with E-state index in [0.717, 1.165) is 5.90 Å². The highest BCUT2D eigenvalue weighted by Gasteiger charge is 2.32. The molecule has 0 aromatic carbocycles. The first kappa shape index (κ1) is 8.53. The van der Waals surface area contributed by atoms with Gasteiger partial charge < -0.3 is 9.47 Å². The van der Waals surface area contributed by atoms with Crippen LogP contribution in [0, 0.1) is 0 Å². The van der Waals surface area contributed by atoms with Crippen LogP contribution in [0.5, 0.6) is 0 Å². The summed E-state index contributed by atoms with van der Waals surface area (Å²) >= 11 is 0. The van der Waals surface area contributed by atoms with E-state index in [0.29, 0.717) is 6.61 Å². The summed E-state index contributed by atoms with van der Waals surface area (Å²) in [7, 11) is 1.70. The Morgan fingerprint density at radius 2 is 2.27 bits per heavy atom. The Hall–Kier alpha value is -0.570. The molecular formula is C8H15NO2. The number of nitrogens with zero attached hydrogens (tertiary/aromatic N) is 1. The van der Waals surface area contributed by atoms with Gasteiger partial charge >= 0.3 is 0 Å². The molecule has 0 aliphatic carbocycles. The summed E-state index contributed by atoms with van der Waals surface area (Å²) < 4.78 is 10.5. The number of hydrogen-bond acceptors (Lipinski definition) is 3. The van der Waals surface area contributed by atoms with Gasteiger partial charge in [0.1, 0.15) is 12.6 Å². The molecule has 0 saturated carbocycles. The normalized spacial score (nSPS) is 24.7. The highest BCUT2D eigenvalue weighted by atomic mass is 16.5. The minimum absolute atomic E-state index is 0.146. The van der Waals surface area contributed by atoms with Gasteiger partial charge in [0.25, 0.3) is 0 Å². The van der Waals surface area contributed by atoms with E-state index in [1.54, 1.807) is 7.11 Å². The van der Waals surface area contributed by atoms with Crippen LogP contribution >= 0.6 is 0 Å². The molecule has 0 fully saturated rings. The van der Waals surface area contributed by atoms with Crippen molar-refractivity contribution < 1.29 is 9.47 Å². The van der Waals surface area contributed by atoms with E-state index < -0.39 is 0 Å². The average molecular weight is 157 g/mol. The van der Waals surface area contributed by atoms with E-state index in [2.05, 4.69) is 4.99 Å². The smallest absolute Gasteiger partial charge is 0.180 e. The van der Waals surface area contributed by atoms with Crippen molar-refractivity contribution in [3.05, 3.63) is 0 Å². The highest BCUT2D eigenvalue weighted by molar-refractivity contribution is 5.74.